The molecule has 0 aliphatic carbocycles. The Hall–Kier alpha value is -2.26. The number of nitrogens with one attached hydrogen (secondary N) is 1. The molecule has 0 fully saturated rings. The first-order valence-electron chi connectivity index (χ1n) is 8.67. The topological polar surface area (TPSA) is 126 Å². The van der Waals surface area contributed by atoms with Gasteiger partial charge in [-0.3, -0.25) is 0 Å². The Bertz CT molecular complexity index is 1360. The van der Waals surface area contributed by atoms with E-state index >= 15 is 0 Å². The highest BCUT2D eigenvalue weighted by molar-refractivity contribution is 7.92. The number of nitrogens with zero attached hydrogens (tertiary/aromatic N) is 1. The number of fused-ring (bicyclic) bond motifs is 1. The van der Waals surface area contributed by atoms with Gasteiger partial charge in [0.15, 0.2) is 0 Å². The minimum Gasteiger partial charge on any atom is -0.492 e. The lowest BCUT2D eigenvalue weighted by atomic mass is 10.2. The van der Waals surface area contributed by atoms with Crippen LogP contribution in [0.15, 0.2) is 40.6 Å². The van der Waals surface area contributed by atoms with Crippen molar-refractivity contribution in [3.05, 3.63) is 53.6 Å². The van der Waals surface area contributed by atoms with E-state index in [0.29, 0.717) is 0 Å². The van der Waals surface area contributed by atoms with E-state index < -0.39 is 35.5 Å². The molecule has 2 N–H and O–H groups in total. The van der Waals surface area contributed by atoms with Gasteiger partial charge < -0.3 is 14.2 Å². The van der Waals surface area contributed by atoms with Crippen LogP contribution in [0.2, 0.25) is 0 Å². The molecule has 170 valence electrons. The van der Waals surface area contributed by atoms with Crippen molar-refractivity contribution >= 4 is 50.6 Å². The molecule has 0 bridgehead atoms. The summed E-state index contributed by atoms with van der Waals surface area (Å²) in [6.07, 6.45) is -1.03. The summed E-state index contributed by atoms with van der Waals surface area (Å²) in [5, 5.41) is 8.73. The fourth-order valence-electron chi connectivity index (χ4n) is 2.50. The summed E-state index contributed by atoms with van der Waals surface area (Å²) in [6, 6.07) is 8.09. The van der Waals surface area contributed by atoms with Crippen molar-refractivity contribution < 1.29 is 35.9 Å². The summed E-state index contributed by atoms with van der Waals surface area (Å²) in [7, 11) is -8.88. The molecular formula is C18H14ClF2N2O6PS2. The number of sulfonamides is 1. The van der Waals surface area contributed by atoms with Crippen LogP contribution in [0.25, 0.3) is 10.1 Å². The zero-order valence-electron chi connectivity index (χ0n) is 15.9. The molecule has 2 aromatic carbocycles. The van der Waals surface area contributed by atoms with Crippen LogP contribution in [0.3, 0.4) is 0 Å². The second kappa shape index (κ2) is 9.70. The van der Waals surface area contributed by atoms with Gasteiger partial charge in [0.1, 0.15) is 46.3 Å². The highest BCUT2D eigenvalue weighted by Gasteiger charge is 2.27. The van der Waals surface area contributed by atoms with Crippen molar-refractivity contribution in [2.45, 2.75) is 4.21 Å². The molecule has 3 rings (SSSR count). The lowest BCUT2D eigenvalue weighted by Crippen LogP contribution is -2.25. The average Bonchev–Trinajstić information content (AvgIpc) is 3.17. The van der Waals surface area contributed by atoms with E-state index in [2.05, 4.69) is 0 Å². The van der Waals surface area contributed by atoms with Gasteiger partial charge in [-0.2, -0.15) is 9.98 Å². The summed E-state index contributed by atoms with van der Waals surface area (Å²) in [5.41, 5.74) is -0.293. The van der Waals surface area contributed by atoms with Crippen LogP contribution >= 0.6 is 30.5 Å². The minimum atomic E-state index is -4.58. The second-order valence-electron chi connectivity index (χ2n) is 6.21. The Kier molecular flexibility index (Phi) is 7.39. The van der Waals surface area contributed by atoms with Crippen molar-refractivity contribution in [3.63, 3.8) is 0 Å². The number of thiophene rings is 1. The highest BCUT2D eigenvalue weighted by Crippen LogP contribution is 2.42. The van der Waals surface area contributed by atoms with E-state index in [1.165, 1.54) is 6.07 Å². The molecule has 1 aromatic heterocycles. The van der Waals surface area contributed by atoms with Gasteiger partial charge in [-0.1, -0.05) is 0 Å². The summed E-state index contributed by atoms with van der Waals surface area (Å²) >= 11 is 6.26. The van der Waals surface area contributed by atoms with E-state index in [4.69, 9.17) is 26.1 Å². The first kappa shape index (κ1) is 24.4. The summed E-state index contributed by atoms with van der Waals surface area (Å²) in [4.78, 5) is 9.93. The number of nitriles is 1. The number of hydrogen-bond acceptors (Lipinski definition) is 7. The fourth-order valence-corrected chi connectivity index (χ4v) is 6.55. The molecule has 0 saturated carbocycles. The van der Waals surface area contributed by atoms with Crippen molar-refractivity contribution in [1.82, 2.24) is 4.72 Å². The van der Waals surface area contributed by atoms with Crippen LogP contribution < -0.4 is 14.0 Å². The normalized spacial score (nSPS) is 13.5. The van der Waals surface area contributed by atoms with E-state index in [1.807, 2.05) is 4.72 Å². The Labute approximate surface area is 190 Å². The van der Waals surface area contributed by atoms with E-state index in [-0.39, 0.29) is 43.8 Å². The fraction of sp³-hybridized carbons (Fsp3) is 0.167. The smallest absolute Gasteiger partial charge is 0.391 e. The monoisotopic (exact) mass is 522 g/mol. The van der Waals surface area contributed by atoms with Crippen molar-refractivity contribution in [2.75, 3.05) is 18.8 Å². The van der Waals surface area contributed by atoms with Crippen molar-refractivity contribution in [3.8, 4) is 17.6 Å². The predicted octanol–water partition coefficient (Wildman–Crippen LogP) is 4.17. The number of rotatable bonds is 9. The number of hydrogen-bond donors (Lipinski definition) is 2. The third-order valence-corrected chi connectivity index (χ3v) is 8.29. The van der Waals surface area contributed by atoms with Crippen molar-refractivity contribution in [1.29, 1.82) is 5.26 Å². The molecule has 0 radical (unpaired) electrons. The van der Waals surface area contributed by atoms with E-state index in [9.17, 15) is 26.7 Å². The third kappa shape index (κ3) is 5.75. The van der Waals surface area contributed by atoms with Gasteiger partial charge >= 0.3 is 7.60 Å². The second-order valence-corrected chi connectivity index (χ2v) is 11.4. The maximum Gasteiger partial charge on any atom is 0.391 e. The lowest BCUT2D eigenvalue weighted by Gasteiger charge is -2.14. The number of alkyl halides is 1. The first-order chi connectivity index (χ1) is 15.0. The molecule has 1 unspecified atom stereocenters. The maximum absolute atomic E-state index is 14.3. The zero-order valence-corrected chi connectivity index (χ0v) is 19.2. The Morgan fingerprint density at radius 1 is 1.19 bits per heavy atom. The maximum atomic E-state index is 14.3. The van der Waals surface area contributed by atoms with Gasteiger partial charge in [0, 0.05) is 22.2 Å². The first-order valence-corrected chi connectivity index (χ1v) is 13.3. The van der Waals surface area contributed by atoms with Gasteiger partial charge in [-0.05, 0) is 24.3 Å². The van der Waals surface area contributed by atoms with Gasteiger partial charge in [-0.25, -0.2) is 21.8 Å². The molecule has 32 heavy (non-hydrogen) atoms. The Balaban J connectivity index is 1.76. The molecule has 0 spiro atoms. The zero-order chi connectivity index (χ0) is 23.5. The van der Waals surface area contributed by atoms with Crippen LogP contribution in [0.1, 0.15) is 5.56 Å². The quantitative estimate of drug-likeness (QED) is 0.319. The standard InChI is InChI=1S/C18H14ClF2N2O6PS2/c19-3-4-28-13-6-16(21)14-8-18(31-17(14)7-13)32(26,27)23-10-30(24,25)29-12-2-1-11(9-22)15(20)5-12/h1-2,5-8,23H,3-4,10H2,(H,24,25). The Morgan fingerprint density at radius 2 is 1.91 bits per heavy atom. The van der Waals surface area contributed by atoms with Crippen molar-refractivity contribution in [2.24, 2.45) is 0 Å². The number of halogens is 3. The molecule has 1 heterocycles. The number of ether oxygens (including phenoxy) is 1. The highest BCUT2D eigenvalue weighted by atomic mass is 35.5. The predicted molar refractivity (Wildman–Crippen MR) is 115 cm³/mol. The molecule has 14 heteroatoms. The van der Waals surface area contributed by atoms with Gasteiger partial charge in [0.2, 0.25) is 0 Å². The van der Waals surface area contributed by atoms with Crippen LogP contribution in [0.5, 0.6) is 11.5 Å². The largest absolute Gasteiger partial charge is 0.492 e. The molecule has 0 saturated heterocycles. The van der Waals surface area contributed by atoms with Gasteiger partial charge in [0.05, 0.1) is 11.4 Å². The van der Waals surface area contributed by atoms with E-state index in [0.717, 1.165) is 41.7 Å². The Morgan fingerprint density at radius 3 is 2.56 bits per heavy atom. The van der Waals surface area contributed by atoms with Crippen LogP contribution in [0, 0.1) is 23.0 Å². The molecule has 3 aromatic rings. The summed E-state index contributed by atoms with van der Waals surface area (Å²) < 4.78 is 77.2. The third-order valence-electron chi connectivity index (χ3n) is 3.91. The number of benzene rings is 2. The average molecular weight is 523 g/mol. The molecule has 0 aliphatic rings. The molecule has 8 nitrogen and oxygen atoms in total. The van der Waals surface area contributed by atoms with Crippen LogP contribution in [-0.4, -0.2) is 32.1 Å². The molecular weight excluding hydrogens is 509 g/mol. The molecule has 1 atom stereocenters. The van der Waals surface area contributed by atoms with Crippen LogP contribution in [-0.2, 0) is 14.6 Å². The van der Waals surface area contributed by atoms with Gasteiger partial charge in [0.25, 0.3) is 10.0 Å². The van der Waals surface area contributed by atoms with E-state index in [1.54, 1.807) is 6.07 Å². The molecule has 0 aliphatic heterocycles. The minimum absolute atomic E-state index is 0.0325. The summed E-state index contributed by atoms with van der Waals surface area (Å²) in [5.74, 6) is -1.67. The van der Waals surface area contributed by atoms with Gasteiger partial charge in [-0.15, -0.1) is 22.9 Å². The SMILES string of the molecule is N#Cc1ccc(OP(=O)(O)CNS(=O)(=O)c2cc3c(F)cc(OCCCl)cc3s2)cc1F. The summed E-state index contributed by atoms with van der Waals surface area (Å²) in [6.45, 7) is 0.138. The molecule has 0 amide bonds. The lowest BCUT2D eigenvalue weighted by molar-refractivity contribution is 0.341. The van der Waals surface area contributed by atoms with Crippen LogP contribution in [0.4, 0.5) is 8.78 Å².